The molecule has 0 heterocycles. The van der Waals surface area contributed by atoms with Crippen molar-refractivity contribution in [3.63, 3.8) is 0 Å². The van der Waals surface area contributed by atoms with Crippen molar-refractivity contribution < 1.29 is 13.5 Å². The van der Waals surface area contributed by atoms with Gasteiger partial charge in [0.1, 0.15) is 0 Å². The van der Waals surface area contributed by atoms with Crippen LogP contribution in [0, 0.1) is 15.9 Å². The van der Waals surface area contributed by atoms with E-state index >= 15 is 0 Å². The summed E-state index contributed by atoms with van der Waals surface area (Å²) in [4.78, 5) is 9.78. The molecule has 0 aromatic heterocycles. The van der Waals surface area contributed by atoms with Gasteiger partial charge >= 0.3 is 5.69 Å². The molecule has 0 aliphatic carbocycles. The first-order chi connectivity index (χ1) is 8.47. The largest absolute Gasteiger partial charge is 0.330 e. The fraction of sp³-hybridized carbons (Fsp3) is 0.455. The number of nitrogens with two attached hydrogens (primary N) is 1. The lowest BCUT2D eigenvalue weighted by molar-refractivity contribution is -0.387. The first-order valence-corrected chi connectivity index (χ1v) is 6.84. The van der Waals surface area contributed by atoms with E-state index in [9.17, 15) is 18.7 Å². The molecule has 0 saturated heterocycles. The van der Waals surface area contributed by atoms with Crippen molar-refractivity contribution in [3.8, 4) is 0 Å². The van der Waals surface area contributed by atoms with Crippen LogP contribution in [0.4, 0.5) is 10.1 Å². The third-order valence-electron chi connectivity index (χ3n) is 2.57. The Bertz CT molecular complexity index is 468. The summed E-state index contributed by atoms with van der Waals surface area (Å²) in [5, 5.41) is 10.4. The summed E-state index contributed by atoms with van der Waals surface area (Å²) in [5.74, 6) is -0.940. The summed E-state index contributed by atoms with van der Waals surface area (Å²) in [7, 11) is -1.29. The van der Waals surface area contributed by atoms with Gasteiger partial charge in [-0.3, -0.25) is 14.3 Å². The molecule has 0 bridgehead atoms. The van der Waals surface area contributed by atoms with Crippen LogP contribution in [0.25, 0.3) is 0 Å². The zero-order valence-electron chi connectivity index (χ0n) is 9.97. The first-order valence-electron chi connectivity index (χ1n) is 5.46. The molecule has 0 fully saturated rings. The summed E-state index contributed by atoms with van der Waals surface area (Å²) >= 11 is 0. The molecule has 1 rings (SSSR count). The Hall–Kier alpha value is -1.34. The maximum absolute atomic E-state index is 13.7. The lowest BCUT2D eigenvalue weighted by Crippen LogP contribution is -2.17. The number of benzene rings is 1. The SMILES string of the molecule is CC(CCN)S(=O)Cc1cccc([N+](=O)[O-])c1F. The lowest BCUT2D eigenvalue weighted by atomic mass is 10.2. The number of hydrogen-bond acceptors (Lipinski definition) is 4. The van der Waals surface area contributed by atoms with Gasteiger partial charge in [-0.2, -0.15) is 4.39 Å². The maximum atomic E-state index is 13.7. The van der Waals surface area contributed by atoms with E-state index in [1.165, 1.54) is 12.1 Å². The van der Waals surface area contributed by atoms with Gasteiger partial charge in [-0.15, -0.1) is 0 Å². The molecule has 2 unspecified atom stereocenters. The second-order valence-corrected chi connectivity index (χ2v) is 5.78. The molecule has 0 saturated carbocycles. The van der Waals surface area contributed by atoms with E-state index in [1.54, 1.807) is 6.92 Å². The number of rotatable bonds is 6. The molecule has 7 heteroatoms. The molecule has 1 aromatic rings. The highest BCUT2D eigenvalue weighted by atomic mass is 32.2. The quantitative estimate of drug-likeness (QED) is 0.632. The fourth-order valence-electron chi connectivity index (χ4n) is 1.48. The standard InChI is InChI=1S/C11H15FN2O3S/c1-8(5-6-13)18(17)7-9-3-2-4-10(11(9)12)14(15)16/h2-4,8H,5-7,13H2,1H3. The van der Waals surface area contributed by atoms with E-state index in [4.69, 9.17) is 5.73 Å². The van der Waals surface area contributed by atoms with E-state index in [0.717, 1.165) is 6.07 Å². The number of halogens is 1. The zero-order chi connectivity index (χ0) is 13.7. The smallest absolute Gasteiger partial charge is 0.305 e. The summed E-state index contributed by atoms with van der Waals surface area (Å²) in [6.45, 7) is 2.17. The molecular formula is C11H15FN2O3S. The fourth-order valence-corrected chi connectivity index (χ4v) is 2.69. The van der Waals surface area contributed by atoms with Crippen molar-refractivity contribution in [2.75, 3.05) is 6.54 Å². The Kier molecular flexibility index (Phi) is 5.36. The van der Waals surface area contributed by atoms with Crippen LogP contribution in [0.2, 0.25) is 0 Å². The van der Waals surface area contributed by atoms with Gasteiger partial charge in [0.2, 0.25) is 5.82 Å². The van der Waals surface area contributed by atoms with Crippen molar-refractivity contribution in [2.45, 2.75) is 24.3 Å². The minimum absolute atomic E-state index is 0.0331. The van der Waals surface area contributed by atoms with E-state index in [1.807, 2.05) is 0 Å². The van der Waals surface area contributed by atoms with Crippen LogP contribution in [0.3, 0.4) is 0 Å². The molecule has 0 aliphatic rings. The number of nitro benzene ring substituents is 1. The molecule has 0 spiro atoms. The van der Waals surface area contributed by atoms with Gasteiger partial charge in [0.25, 0.3) is 0 Å². The molecule has 2 atom stereocenters. The first kappa shape index (κ1) is 14.7. The molecular weight excluding hydrogens is 259 g/mol. The van der Waals surface area contributed by atoms with Crippen LogP contribution in [-0.4, -0.2) is 20.9 Å². The minimum Gasteiger partial charge on any atom is -0.330 e. The van der Waals surface area contributed by atoms with Crippen molar-refractivity contribution in [2.24, 2.45) is 5.73 Å². The molecule has 0 radical (unpaired) electrons. The van der Waals surface area contributed by atoms with Crippen molar-refractivity contribution in [1.29, 1.82) is 0 Å². The van der Waals surface area contributed by atoms with Gasteiger partial charge in [-0.05, 0) is 13.0 Å². The molecule has 0 amide bonds. The molecule has 0 aliphatic heterocycles. The van der Waals surface area contributed by atoms with E-state index in [0.29, 0.717) is 13.0 Å². The third kappa shape index (κ3) is 3.58. The van der Waals surface area contributed by atoms with Crippen molar-refractivity contribution in [1.82, 2.24) is 0 Å². The Labute approximate surface area is 107 Å². The topological polar surface area (TPSA) is 86.2 Å². The van der Waals surface area contributed by atoms with Gasteiger partial charge in [0, 0.05) is 27.7 Å². The third-order valence-corrected chi connectivity index (χ3v) is 4.30. The number of nitro groups is 1. The van der Waals surface area contributed by atoms with Crippen molar-refractivity contribution in [3.05, 3.63) is 39.7 Å². The normalized spacial score (nSPS) is 14.2. The monoisotopic (exact) mass is 274 g/mol. The summed E-state index contributed by atoms with van der Waals surface area (Å²) < 4.78 is 25.6. The van der Waals surface area contributed by atoms with Gasteiger partial charge in [-0.1, -0.05) is 19.1 Å². The summed E-state index contributed by atoms with van der Waals surface area (Å²) in [5.41, 5.74) is 4.87. The molecule has 100 valence electrons. The minimum atomic E-state index is -1.29. The highest BCUT2D eigenvalue weighted by Gasteiger charge is 2.20. The lowest BCUT2D eigenvalue weighted by Gasteiger charge is -2.10. The van der Waals surface area contributed by atoms with Crippen LogP contribution in [0.15, 0.2) is 18.2 Å². The predicted octanol–water partition coefficient (Wildman–Crippen LogP) is 1.72. The van der Waals surface area contributed by atoms with Crippen molar-refractivity contribution >= 4 is 16.5 Å². The van der Waals surface area contributed by atoms with E-state index in [-0.39, 0.29) is 16.6 Å². The second-order valence-electron chi connectivity index (χ2n) is 3.92. The summed E-state index contributed by atoms with van der Waals surface area (Å²) in [6.07, 6.45) is 0.573. The van der Waals surface area contributed by atoms with Crippen LogP contribution in [0.5, 0.6) is 0 Å². The van der Waals surface area contributed by atoms with Gasteiger partial charge in [0.05, 0.1) is 10.7 Å². The van der Waals surface area contributed by atoms with Gasteiger partial charge in [0.15, 0.2) is 0 Å². The van der Waals surface area contributed by atoms with Crippen LogP contribution >= 0.6 is 0 Å². The highest BCUT2D eigenvalue weighted by molar-refractivity contribution is 7.84. The number of nitrogens with zero attached hydrogens (tertiary/aromatic N) is 1. The molecule has 5 nitrogen and oxygen atoms in total. The predicted molar refractivity (Wildman–Crippen MR) is 68.0 cm³/mol. The Balaban J connectivity index is 2.88. The average Bonchev–Trinajstić information content (AvgIpc) is 2.31. The average molecular weight is 274 g/mol. The molecule has 2 N–H and O–H groups in total. The summed E-state index contributed by atoms with van der Waals surface area (Å²) in [6, 6.07) is 3.89. The van der Waals surface area contributed by atoms with Gasteiger partial charge < -0.3 is 5.73 Å². The maximum Gasteiger partial charge on any atom is 0.305 e. The Morgan fingerprint density at radius 1 is 1.56 bits per heavy atom. The second kappa shape index (κ2) is 6.55. The Morgan fingerprint density at radius 3 is 2.78 bits per heavy atom. The molecule has 1 aromatic carbocycles. The van der Waals surface area contributed by atoms with E-state index < -0.39 is 27.2 Å². The van der Waals surface area contributed by atoms with E-state index in [2.05, 4.69) is 0 Å². The van der Waals surface area contributed by atoms with Crippen LogP contribution in [0.1, 0.15) is 18.9 Å². The Morgan fingerprint density at radius 2 is 2.22 bits per heavy atom. The van der Waals surface area contributed by atoms with Crippen LogP contribution in [-0.2, 0) is 16.6 Å². The van der Waals surface area contributed by atoms with Crippen LogP contribution < -0.4 is 5.73 Å². The zero-order valence-corrected chi connectivity index (χ0v) is 10.8. The highest BCUT2D eigenvalue weighted by Crippen LogP contribution is 2.22. The number of hydrogen-bond donors (Lipinski definition) is 1. The molecule has 18 heavy (non-hydrogen) atoms. The van der Waals surface area contributed by atoms with Gasteiger partial charge in [-0.25, -0.2) is 0 Å².